The molecule has 0 radical (unpaired) electrons. The Kier molecular flexibility index (Phi) is 6.05. The van der Waals surface area contributed by atoms with Gasteiger partial charge in [-0.25, -0.2) is 0 Å². The average molecular weight is 300 g/mol. The van der Waals surface area contributed by atoms with Crippen molar-refractivity contribution in [2.45, 2.75) is 31.0 Å². The molecule has 1 aromatic rings. The maximum absolute atomic E-state index is 11.6. The van der Waals surface area contributed by atoms with Crippen molar-refractivity contribution in [2.24, 2.45) is 0 Å². The van der Waals surface area contributed by atoms with E-state index in [1.54, 1.807) is 18.2 Å². The Morgan fingerprint density at radius 2 is 2.18 bits per heavy atom. The van der Waals surface area contributed by atoms with E-state index in [1.165, 1.54) is 0 Å². The first-order chi connectivity index (χ1) is 8.13. The minimum absolute atomic E-state index is 0.0534. The third-order valence-electron chi connectivity index (χ3n) is 2.57. The molecule has 0 bridgehead atoms. The first-order valence-corrected chi connectivity index (χ1v) is 6.72. The van der Waals surface area contributed by atoms with Gasteiger partial charge in [-0.15, -0.1) is 0 Å². The van der Waals surface area contributed by atoms with E-state index < -0.39 is 0 Å². The van der Waals surface area contributed by atoms with Gasteiger partial charge in [-0.05, 0) is 18.9 Å². The number of carbonyl (C=O) groups excluding carboxylic acids is 1. The zero-order valence-electron chi connectivity index (χ0n) is 9.95. The number of phenolic OH excluding ortho intramolecular Hbond substituents is 1. The standard InChI is InChI=1S/C13H18BrNO2/c1-2-11(14)7-8-15-13(17)9-10-5-3-4-6-12(10)16/h3-6,11,16H,2,7-9H2,1H3,(H,15,17). The lowest BCUT2D eigenvalue weighted by Gasteiger charge is -2.08. The molecule has 17 heavy (non-hydrogen) atoms. The Hall–Kier alpha value is -1.03. The molecule has 4 heteroatoms. The zero-order chi connectivity index (χ0) is 12.7. The quantitative estimate of drug-likeness (QED) is 0.793. The summed E-state index contributed by atoms with van der Waals surface area (Å²) in [4.78, 5) is 12.0. The van der Waals surface area contributed by atoms with Crippen LogP contribution in [-0.4, -0.2) is 22.4 Å². The second-order valence-electron chi connectivity index (χ2n) is 3.95. The molecule has 0 aliphatic carbocycles. The summed E-state index contributed by atoms with van der Waals surface area (Å²) in [6, 6.07) is 6.91. The van der Waals surface area contributed by atoms with E-state index in [0.717, 1.165) is 12.8 Å². The van der Waals surface area contributed by atoms with Crippen molar-refractivity contribution in [3.63, 3.8) is 0 Å². The van der Waals surface area contributed by atoms with Crippen molar-refractivity contribution < 1.29 is 9.90 Å². The van der Waals surface area contributed by atoms with E-state index in [2.05, 4.69) is 28.2 Å². The van der Waals surface area contributed by atoms with Crippen LogP contribution in [0.5, 0.6) is 5.75 Å². The van der Waals surface area contributed by atoms with E-state index in [0.29, 0.717) is 16.9 Å². The van der Waals surface area contributed by atoms with Crippen LogP contribution in [0.2, 0.25) is 0 Å². The summed E-state index contributed by atoms with van der Waals surface area (Å²) in [6.45, 7) is 2.76. The lowest BCUT2D eigenvalue weighted by atomic mass is 10.1. The summed E-state index contributed by atoms with van der Waals surface area (Å²) < 4.78 is 0. The number of benzene rings is 1. The molecule has 1 aromatic carbocycles. The second kappa shape index (κ2) is 7.33. The predicted octanol–water partition coefficient (Wildman–Crippen LogP) is 2.61. The van der Waals surface area contributed by atoms with Crippen molar-refractivity contribution in [1.29, 1.82) is 0 Å². The number of carbonyl (C=O) groups is 1. The Morgan fingerprint density at radius 3 is 2.82 bits per heavy atom. The van der Waals surface area contributed by atoms with Crippen molar-refractivity contribution in [1.82, 2.24) is 5.32 Å². The highest BCUT2D eigenvalue weighted by Crippen LogP contribution is 2.15. The number of amides is 1. The van der Waals surface area contributed by atoms with Crippen LogP contribution < -0.4 is 5.32 Å². The van der Waals surface area contributed by atoms with Gasteiger partial charge in [0.2, 0.25) is 5.91 Å². The third-order valence-corrected chi connectivity index (χ3v) is 3.67. The number of alkyl halides is 1. The molecule has 0 aliphatic rings. The zero-order valence-corrected chi connectivity index (χ0v) is 11.5. The van der Waals surface area contributed by atoms with Crippen LogP contribution in [0, 0.1) is 0 Å². The van der Waals surface area contributed by atoms with Gasteiger partial charge in [0.25, 0.3) is 0 Å². The summed E-state index contributed by atoms with van der Waals surface area (Å²) in [5, 5.41) is 12.4. The van der Waals surface area contributed by atoms with Gasteiger partial charge in [-0.2, -0.15) is 0 Å². The monoisotopic (exact) mass is 299 g/mol. The summed E-state index contributed by atoms with van der Waals surface area (Å²) in [6.07, 6.45) is 2.20. The van der Waals surface area contributed by atoms with Crippen molar-refractivity contribution in [3.8, 4) is 5.75 Å². The lowest BCUT2D eigenvalue weighted by Crippen LogP contribution is -2.27. The second-order valence-corrected chi connectivity index (χ2v) is 5.24. The molecule has 94 valence electrons. The van der Waals surface area contributed by atoms with E-state index >= 15 is 0 Å². The molecule has 0 heterocycles. The van der Waals surface area contributed by atoms with Crippen LogP contribution in [0.15, 0.2) is 24.3 Å². The summed E-state index contributed by atoms with van der Waals surface area (Å²) in [5.41, 5.74) is 0.663. The number of halogens is 1. The fourth-order valence-corrected chi connectivity index (χ4v) is 1.70. The van der Waals surface area contributed by atoms with Gasteiger partial charge < -0.3 is 10.4 Å². The van der Waals surface area contributed by atoms with Crippen LogP contribution in [0.4, 0.5) is 0 Å². The highest BCUT2D eigenvalue weighted by Gasteiger charge is 2.07. The Balaban J connectivity index is 2.33. The Labute approximate surface area is 110 Å². The van der Waals surface area contributed by atoms with Gasteiger partial charge in [-0.3, -0.25) is 4.79 Å². The molecule has 2 N–H and O–H groups in total. The van der Waals surface area contributed by atoms with Crippen LogP contribution in [-0.2, 0) is 11.2 Å². The van der Waals surface area contributed by atoms with Gasteiger partial charge in [0, 0.05) is 16.9 Å². The molecule has 1 rings (SSSR count). The molecule has 1 amide bonds. The fraction of sp³-hybridized carbons (Fsp3) is 0.462. The largest absolute Gasteiger partial charge is 0.508 e. The molecule has 3 nitrogen and oxygen atoms in total. The SMILES string of the molecule is CCC(Br)CCNC(=O)Cc1ccccc1O. The minimum Gasteiger partial charge on any atom is -0.508 e. The topological polar surface area (TPSA) is 49.3 Å². The van der Waals surface area contributed by atoms with E-state index in [9.17, 15) is 9.90 Å². The van der Waals surface area contributed by atoms with Gasteiger partial charge in [0.15, 0.2) is 0 Å². The molecule has 0 saturated heterocycles. The molecular weight excluding hydrogens is 282 g/mol. The number of hydrogen-bond acceptors (Lipinski definition) is 2. The van der Waals surface area contributed by atoms with Crippen molar-refractivity contribution >= 4 is 21.8 Å². The normalized spacial score (nSPS) is 12.1. The predicted molar refractivity (Wildman–Crippen MR) is 72.4 cm³/mol. The Morgan fingerprint density at radius 1 is 1.47 bits per heavy atom. The van der Waals surface area contributed by atoms with Crippen molar-refractivity contribution in [2.75, 3.05) is 6.54 Å². The van der Waals surface area contributed by atoms with Gasteiger partial charge >= 0.3 is 0 Å². The first kappa shape index (κ1) is 14.0. The van der Waals surface area contributed by atoms with Crippen LogP contribution in [0.25, 0.3) is 0 Å². The molecular formula is C13H18BrNO2. The molecule has 0 aliphatic heterocycles. The maximum atomic E-state index is 11.6. The molecule has 1 atom stereocenters. The number of aromatic hydroxyl groups is 1. The number of hydrogen-bond donors (Lipinski definition) is 2. The van der Waals surface area contributed by atoms with Gasteiger partial charge in [0.1, 0.15) is 5.75 Å². The summed E-state index contributed by atoms with van der Waals surface area (Å²) in [7, 11) is 0. The smallest absolute Gasteiger partial charge is 0.224 e. The van der Waals surface area contributed by atoms with E-state index in [-0.39, 0.29) is 18.1 Å². The number of rotatable bonds is 6. The molecule has 0 fully saturated rings. The minimum atomic E-state index is -0.0534. The van der Waals surface area contributed by atoms with E-state index in [4.69, 9.17) is 0 Å². The van der Waals surface area contributed by atoms with Crippen molar-refractivity contribution in [3.05, 3.63) is 29.8 Å². The van der Waals surface area contributed by atoms with E-state index in [1.807, 2.05) is 6.07 Å². The fourth-order valence-electron chi connectivity index (χ4n) is 1.47. The van der Waals surface area contributed by atoms with Crippen LogP contribution in [0.1, 0.15) is 25.3 Å². The van der Waals surface area contributed by atoms with Gasteiger partial charge in [-0.1, -0.05) is 41.1 Å². The first-order valence-electron chi connectivity index (χ1n) is 5.81. The molecule has 0 saturated carbocycles. The van der Waals surface area contributed by atoms with Gasteiger partial charge in [0.05, 0.1) is 6.42 Å². The number of para-hydroxylation sites is 1. The average Bonchev–Trinajstić information content (AvgIpc) is 2.32. The van der Waals surface area contributed by atoms with Crippen LogP contribution >= 0.6 is 15.9 Å². The number of nitrogens with one attached hydrogen (secondary N) is 1. The van der Waals surface area contributed by atoms with Crippen LogP contribution in [0.3, 0.4) is 0 Å². The molecule has 0 aromatic heterocycles. The third kappa shape index (κ3) is 5.22. The highest BCUT2D eigenvalue weighted by atomic mass is 79.9. The molecule has 1 unspecified atom stereocenters. The Bertz CT molecular complexity index is 368. The molecule has 0 spiro atoms. The highest BCUT2D eigenvalue weighted by molar-refractivity contribution is 9.09. The lowest BCUT2D eigenvalue weighted by molar-refractivity contribution is -0.120. The maximum Gasteiger partial charge on any atom is 0.224 e. The number of phenols is 1. The summed E-state index contributed by atoms with van der Waals surface area (Å²) >= 11 is 3.51. The summed E-state index contributed by atoms with van der Waals surface area (Å²) in [5.74, 6) is 0.122.